The van der Waals surface area contributed by atoms with Crippen LogP contribution in [0.25, 0.3) is 0 Å². The molecular weight excluding hydrogens is 342 g/mol. The van der Waals surface area contributed by atoms with Crippen LogP contribution < -0.4 is 10.2 Å². The van der Waals surface area contributed by atoms with Crippen molar-refractivity contribution in [3.8, 4) is 0 Å². The molecule has 1 amide bonds. The van der Waals surface area contributed by atoms with Gasteiger partial charge < -0.3 is 24.6 Å². The molecule has 2 aliphatic rings. The van der Waals surface area contributed by atoms with Gasteiger partial charge in [0, 0.05) is 59.0 Å². The van der Waals surface area contributed by atoms with E-state index in [9.17, 15) is 4.79 Å². The monoisotopic (exact) mass is 393 g/mol. The summed E-state index contributed by atoms with van der Waals surface area (Å²) in [5, 5.41) is -0.552. The van der Waals surface area contributed by atoms with E-state index in [1.54, 1.807) is 0 Å². The molecular formula is C21H33N3O3. The number of likely N-dealkylation sites (tertiary alicyclic amines) is 1. The largest absolute Gasteiger partial charge is 0.444 e. The van der Waals surface area contributed by atoms with Gasteiger partial charge in [-0.05, 0) is 63.6 Å². The number of anilines is 2. The fourth-order valence-corrected chi connectivity index (χ4v) is 1.96. The quantitative estimate of drug-likeness (QED) is 0.847. The maximum atomic E-state index is 13.0. The fraction of sp³-hybridized carbons (Fsp3) is 0.667. The summed E-state index contributed by atoms with van der Waals surface area (Å²) in [5.41, 5.74) is -3.25. The van der Waals surface area contributed by atoms with Gasteiger partial charge in [0.2, 0.25) is 0 Å². The predicted molar refractivity (Wildman–Crippen MR) is 108 cm³/mol. The molecule has 3 rings (SSSR count). The van der Waals surface area contributed by atoms with Crippen LogP contribution in [0.4, 0.5) is 16.2 Å². The molecule has 2 fully saturated rings. The molecule has 2 saturated heterocycles. The first-order valence-corrected chi connectivity index (χ1v) is 8.17. The molecule has 0 spiro atoms. The van der Waals surface area contributed by atoms with Crippen molar-refractivity contribution >= 4 is 17.5 Å². The second-order valence-corrected chi connectivity index (χ2v) is 6.45. The van der Waals surface area contributed by atoms with Gasteiger partial charge in [0.15, 0.2) is 1.41 Å². The summed E-state index contributed by atoms with van der Waals surface area (Å²) in [5.74, 6) is -4.33. The van der Waals surface area contributed by atoms with Gasteiger partial charge in [0.1, 0.15) is 5.60 Å². The van der Waals surface area contributed by atoms with E-state index in [4.69, 9.17) is 34.2 Å². The standard InChI is InChI=1S/C21H33N3O3/c1-21(2,3)27-20(25)24-10-8-17(9-11-24)16-22-18-4-6-19(7-5-18)23-12-14-26-15-13-23/h4-7,17,22H,8-16H2,1-3H3/i4D,5D,6D,7D,8D2,9D2,10D2,11D2,12D2,16D2,17D/hD. The first-order chi connectivity index (χ1) is 19.9. The number of nitrogens with one attached hydrogen (secondary N) is 1. The van der Waals surface area contributed by atoms with Crippen LogP contribution in [0.1, 0.15) is 56.8 Å². The van der Waals surface area contributed by atoms with Crippen molar-refractivity contribution in [3.05, 3.63) is 24.2 Å². The van der Waals surface area contributed by atoms with Crippen molar-refractivity contribution in [2.24, 2.45) is 5.89 Å². The van der Waals surface area contributed by atoms with Gasteiger partial charge in [0.25, 0.3) is 0 Å². The molecule has 27 heavy (non-hydrogen) atoms. The molecule has 0 atom stereocenters. The summed E-state index contributed by atoms with van der Waals surface area (Å²) in [6.45, 7) is -11.4. The zero-order valence-electron chi connectivity index (χ0n) is 33.2. The van der Waals surface area contributed by atoms with Gasteiger partial charge in [-0.25, -0.2) is 4.79 Å². The molecule has 150 valence electrons. The number of rotatable bonds is 4. The number of benzene rings is 1. The van der Waals surface area contributed by atoms with Crippen LogP contribution in [0, 0.1) is 5.89 Å². The van der Waals surface area contributed by atoms with Crippen LogP contribution >= 0.6 is 0 Å². The number of ether oxygens (including phenoxy) is 2. The first-order valence-electron chi connectivity index (χ1n) is 17.1. The van der Waals surface area contributed by atoms with E-state index in [1.165, 1.54) is 20.8 Å². The molecule has 1 N–H and O–H groups in total. The third kappa shape index (κ3) is 6.03. The third-order valence-corrected chi connectivity index (χ3v) is 3.13. The van der Waals surface area contributed by atoms with Crippen LogP contribution in [-0.4, -0.2) is 62.3 Å². The summed E-state index contributed by atoms with van der Waals surface area (Å²) in [6.07, 6.45) is -10.3. The van der Waals surface area contributed by atoms with Crippen molar-refractivity contribution < 1.29 is 39.0 Å². The number of hydrogen-bond acceptors (Lipinski definition) is 5. The Morgan fingerprint density at radius 2 is 2.07 bits per heavy atom. The molecule has 0 radical (unpaired) electrons. The molecule has 6 heteroatoms. The Kier molecular flexibility index (Phi) is 2.33. The summed E-state index contributed by atoms with van der Waals surface area (Å²) >= 11 is 0. The summed E-state index contributed by atoms with van der Waals surface area (Å²) < 4.78 is 163. The van der Waals surface area contributed by atoms with Crippen LogP contribution in [0.5, 0.6) is 0 Å². The van der Waals surface area contributed by atoms with Crippen LogP contribution in [-0.2, 0) is 9.47 Å². The summed E-state index contributed by atoms with van der Waals surface area (Å²) in [4.78, 5) is 13.3. The first kappa shape index (κ1) is 7.14. The van der Waals surface area contributed by atoms with E-state index < -0.39 is 109 Å². The van der Waals surface area contributed by atoms with E-state index in [0.29, 0.717) is 0 Å². The van der Waals surface area contributed by atoms with Crippen LogP contribution in [0.2, 0.25) is 1.41 Å². The lowest BCUT2D eigenvalue weighted by atomic mass is 9.97. The van der Waals surface area contributed by atoms with E-state index >= 15 is 0 Å². The molecule has 6 nitrogen and oxygen atoms in total. The lowest BCUT2D eigenvalue weighted by Gasteiger charge is -2.33. The molecule has 2 heterocycles. The fourth-order valence-electron chi connectivity index (χ4n) is 1.96. The highest BCUT2D eigenvalue weighted by Gasteiger charge is 2.26. The second-order valence-electron chi connectivity index (χ2n) is 6.45. The molecule has 1 aromatic carbocycles. The molecule has 0 aromatic heterocycles. The maximum Gasteiger partial charge on any atom is 0.410 e. The average molecular weight is 394 g/mol. The smallest absolute Gasteiger partial charge is 0.410 e. The number of nitrogens with zero attached hydrogens (tertiary/aromatic N) is 2. The Bertz CT molecular complexity index is 1310. The summed E-state index contributed by atoms with van der Waals surface area (Å²) in [7, 11) is 0. The average Bonchev–Trinajstić information content (AvgIpc) is 2.85. The molecule has 0 aliphatic carbocycles. The molecule has 0 unspecified atom stereocenters. The highest BCUT2D eigenvalue weighted by Crippen LogP contribution is 2.22. The highest BCUT2D eigenvalue weighted by atomic mass is 16.6. The minimum atomic E-state index is -4.33. The Balaban J connectivity index is 2.29. The highest BCUT2D eigenvalue weighted by molar-refractivity contribution is 5.68. The number of carbonyl (C=O) groups is 1. The normalized spacial score (nSPS) is 39.8. The number of morpholine rings is 1. The SMILES string of the molecule is [2H]c1c([2H])c(N([2H])C([2H])([2H])C2([2H])C([2H])([2H])C([2H])([2H])N(C(=O)OC(C)(C)C)C([2H])([2H])C2([2H])[2H])c([2H])c([2H])c1N1CCOCC1([2H])[2H]. The number of carbonyl (C=O) groups excluding carboxylic acids is 1. The lowest BCUT2D eigenvalue weighted by molar-refractivity contribution is 0.0188. The van der Waals surface area contributed by atoms with Crippen LogP contribution in [0.15, 0.2) is 24.2 Å². The predicted octanol–water partition coefficient (Wildman–Crippen LogP) is 3.58. The Hall–Kier alpha value is -1.95. The van der Waals surface area contributed by atoms with Gasteiger partial charge >= 0.3 is 6.09 Å². The van der Waals surface area contributed by atoms with Crippen molar-refractivity contribution in [3.63, 3.8) is 0 Å². The zero-order valence-corrected chi connectivity index (χ0v) is 15.2. The number of amides is 1. The van der Waals surface area contributed by atoms with Crippen LogP contribution in [0.3, 0.4) is 0 Å². The Morgan fingerprint density at radius 3 is 2.70 bits per heavy atom. The Morgan fingerprint density at radius 1 is 1.37 bits per heavy atom. The van der Waals surface area contributed by atoms with Crippen molar-refractivity contribution in [2.75, 3.05) is 56.0 Å². The zero-order chi connectivity index (χ0) is 35.3. The lowest BCUT2D eigenvalue weighted by Crippen LogP contribution is -2.42. The van der Waals surface area contributed by atoms with Gasteiger partial charge in [0.05, 0.1) is 21.4 Å². The molecule has 0 bridgehead atoms. The maximum absolute atomic E-state index is 13.0. The summed E-state index contributed by atoms with van der Waals surface area (Å²) in [6, 6.07) is -4.29. The minimum absolute atomic E-state index is 0.0518. The van der Waals surface area contributed by atoms with Crippen molar-refractivity contribution in [1.29, 1.82) is 0 Å². The second kappa shape index (κ2) is 8.83. The topological polar surface area (TPSA) is 54.0 Å². The van der Waals surface area contributed by atoms with E-state index in [0.717, 1.165) is 4.90 Å². The van der Waals surface area contributed by atoms with Gasteiger partial charge in [-0.2, -0.15) is 0 Å². The Labute approximate surface area is 188 Å². The van der Waals surface area contributed by atoms with Gasteiger partial charge in [-0.1, -0.05) is 0 Å². The molecule has 0 saturated carbocycles. The number of piperidine rings is 1. The molecule has 1 aromatic rings. The van der Waals surface area contributed by atoms with Crippen molar-refractivity contribution in [1.82, 2.24) is 4.90 Å². The number of hydrogen-bond donors (Lipinski definition) is 1. The van der Waals surface area contributed by atoms with Crippen molar-refractivity contribution in [2.45, 2.75) is 39.1 Å². The van der Waals surface area contributed by atoms with E-state index in [2.05, 4.69) is 0 Å². The minimum Gasteiger partial charge on any atom is -0.444 e. The van der Waals surface area contributed by atoms with Gasteiger partial charge in [-0.3, -0.25) is 0 Å². The molecule has 2 aliphatic heterocycles. The van der Waals surface area contributed by atoms with E-state index in [1.807, 2.05) is 0 Å². The third-order valence-electron chi connectivity index (χ3n) is 3.13. The van der Waals surface area contributed by atoms with E-state index in [-0.39, 0.29) is 13.2 Å². The van der Waals surface area contributed by atoms with Gasteiger partial charge in [-0.15, -0.1) is 0 Å².